The molecule has 0 atom stereocenters. The number of rotatable bonds is 8. The van der Waals surface area contributed by atoms with E-state index in [1.807, 2.05) is 12.1 Å². The van der Waals surface area contributed by atoms with Gasteiger partial charge in [0, 0.05) is 12.1 Å². The Morgan fingerprint density at radius 2 is 1.84 bits per heavy atom. The SMILES string of the molecule is O=C1CCc2cc(OCCNC(=O)c3ccc(COc4ccc(F)cc4)o3)ccc2N1. The Bertz CT molecular complexity index is 1080. The van der Waals surface area contributed by atoms with Crippen LogP contribution in [0, 0.1) is 5.82 Å². The number of amides is 2. The highest BCUT2D eigenvalue weighted by Crippen LogP contribution is 2.26. The van der Waals surface area contributed by atoms with Crippen LogP contribution >= 0.6 is 0 Å². The molecule has 0 radical (unpaired) electrons. The van der Waals surface area contributed by atoms with Crippen molar-refractivity contribution in [3.05, 3.63) is 77.5 Å². The van der Waals surface area contributed by atoms with Crippen molar-refractivity contribution in [1.82, 2.24) is 5.32 Å². The molecule has 2 N–H and O–H groups in total. The second-order valence-electron chi connectivity index (χ2n) is 6.98. The summed E-state index contributed by atoms with van der Waals surface area (Å²) in [5.41, 5.74) is 1.85. The summed E-state index contributed by atoms with van der Waals surface area (Å²) in [4.78, 5) is 23.6. The third-order valence-electron chi connectivity index (χ3n) is 4.71. The number of hydrogen-bond donors (Lipinski definition) is 2. The van der Waals surface area contributed by atoms with Gasteiger partial charge in [0.05, 0.1) is 6.54 Å². The first-order valence-electron chi connectivity index (χ1n) is 9.88. The molecule has 1 aliphatic heterocycles. The molecule has 0 saturated heterocycles. The van der Waals surface area contributed by atoms with E-state index in [0.29, 0.717) is 36.6 Å². The van der Waals surface area contributed by atoms with Gasteiger partial charge in [0.25, 0.3) is 5.91 Å². The van der Waals surface area contributed by atoms with E-state index in [2.05, 4.69) is 10.6 Å². The number of aryl methyl sites for hydroxylation is 1. The van der Waals surface area contributed by atoms with E-state index in [9.17, 15) is 14.0 Å². The first-order chi connectivity index (χ1) is 15.1. The molecule has 0 spiro atoms. The van der Waals surface area contributed by atoms with Crippen LogP contribution < -0.4 is 20.1 Å². The summed E-state index contributed by atoms with van der Waals surface area (Å²) in [6.07, 6.45) is 1.15. The molecule has 2 amide bonds. The average molecular weight is 424 g/mol. The third-order valence-corrected chi connectivity index (χ3v) is 4.71. The Morgan fingerprint density at radius 1 is 1.03 bits per heavy atom. The van der Waals surface area contributed by atoms with E-state index in [1.54, 1.807) is 18.2 Å². The van der Waals surface area contributed by atoms with Gasteiger partial charge < -0.3 is 24.5 Å². The number of anilines is 1. The van der Waals surface area contributed by atoms with Gasteiger partial charge in [0.15, 0.2) is 5.76 Å². The molecular weight excluding hydrogens is 403 g/mol. The zero-order chi connectivity index (χ0) is 21.6. The zero-order valence-electron chi connectivity index (χ0n) is 16.7. The number of furan rings is 1. The fourth-order valence-electron chi connectivity index (χ4n) is 3.13. The molecule has 0 aliphatic carbocycles. The van der Waals surface area contributed by atoms with E-state index >= 15 is 0 Å². The van der Waals surface area contributed by atoms with Crippen LogP contribution in [0.15, 0.2) is 59.0 Å². The lowest BCUT2D eigenvalue weighted by atomic mass is 10.0. The maximum absolute atomic E-state index is 12.9. The van der Waals surface area contributed by atoms with Crippen molar-refractivity contribution in [2.45, 2.75) is 19.4 Å². The van der Waals surface area contributed by atoms with Crippen molar-refractivity contribution in [3.8, 4) is 11.5 Å². The van der Waals surface area contributed by atoms with Gasteiger partial charge in [-0.3, -0.25) is 9.59 Å². The molecular formula is C23H21FN2O5. The predicted octanol–water partition coefficient (Wildman–Crippen LogP) is 3.69. The maximum atomic E-state index is 12.9. The molecule has 1 aromatic heterocycles. The van der Waals surface area contributed by atoms with E-state index in [4.69, 9.17) is 13.9 Å². The standard InChI is InChI=1S/C23H21FN2O5/c24-16-2-4-17(5-3-16)30-14-19-7-9-21(31-19)23(28)25-11-12-29-18-6-8-20-15(13-18)1-10-22(27)26-20/h2-9,13H,1,10-12,14H2,(H,25,28)(H,26,27). The van der Waals surface area contributed by atoms with Gasteiger partial charge >= 0.3 is 0 Å². The molecule has 0 saturated carbocycles. The van der Waals surface area contributed by atoms with Crippen molar-refractivity contribution in [2.75, 3.05) is 18.5 Å². The van der Waals surface area contributed by atoms with Crippen LogP contribution in [0.25, 0.3) is 0 Å². The Hall–Kier alpha value is -3.81. The number of benzene rings is 2. The smallest absolute Gasteiger partial charge is 0.287 e. The third kappa shape index (κ3) is 5.42. The summed E-state index contributed by atoms with van der Waals surface area (Å²) in [6.45, 7) is 0.716. The topological polar surface area (TPSA) is 89.8 Å². The highest BCUT2D eigenvalue weighted by atomic mass is 19.1. The van der Waals surface area contributed by atoms with Gasteiger partial charge in [-0.1, -0.05) is 0 Å². The molecule has 0 unspecified atom stereocenters. The van der Waals surface area contributed by atoms with Crippen LogP contribution in [0.4, 0.5) is 10.1 Å². The molecule has 4 rings (SSSR count). The average Bonchev–Trinajstić information content (AvgIpc) is 3.25. The number of fused-ring (bicyclic) bond motifs is 1. The van der Waals surface area contributed by atoms with Crippen molar-refractivity contribution >= 4 is 17.5 Å². The number of nitrogens with one attached hydrogen (secondary N) is 2. The Balaban J connectivity index is 1.20. The summed E-state index contributed by atoms with van der Waals surface area (Å²) < 4.78 is 29.6. The first-order valence-corrected chi connectivity index (χ1v) is 9.88. The monoisotopic (exact) mass is 424 g/mol. The number of carbonyl (C=O) groups is 2. The summed E-state index contributed by atoms with van der Waals surface area (Å²) in [7, 11) is 0. The molecule has 8 heteroatoms. The van der Waals surface area contributed by atoms with Gasteiger partial charge in [-0.15, -0.1) is 0 Å². The van der Waals surface area contributed by atoms with Gasteiger partial charge in [-0.2, -0.15) is 0 Å². The normalized spacial score (nSPS) is 12.6. The summed E-state index contributed by atoms with van der Waals surface area (Å²) in [5.74, 6) is 1.16. The zero-order valence-corrected chi connectivity index (χ0v) is 16.7. The fourth-order valence-corrected chi connectivity index (χ4v) is 3.13. The number of ether oxygens (including phenoxy) is 2. The van der Waals surface area contributed by atoms with E-state index in [1.165, 1.54) is 24.3 Å². The first kappa shape index (κ1) is 20.5. The van der Waals surface area contributed by atoms with E-state index in [0.717, 1.165) is 11.3 Å². The molecule has 160 valence electrons. The van der Waals surface area contributed by atoms with Gasteiger partial charge in [-0.25, -0.2) is 4.39 Å². The Kier molecular flexibility index (Phi) is 6.16. The molecule has 2 heterocycles. The van der Waals surface area contributed by atoms with Gasteiger partial charge in [0.2, 0.25) is 5.91 Å². The molecule has 31 heavy (non-hydrogen) atoms. The van der Waals surface area contributed by atoms with Crippen LogP contribution in [-0.2, 0) is 17.8 Å². The summed E-state index contributed by atoms with van der Waals surface area (Å²) in [6, 6.07) is 14.4. The number of hydrogen-bond acceptors (Lipinski definition) is 5. The van der Waals surface area contributed by atoms with Crippen LogP contribution in [-0.4, -0.2) is 25.0 Å². The lowest BCUT2D eigenvalue weighted by Gasteiger charge is -2.17. The summed E-state index contributed by atoms with van der Waals surface area (Å²) >= 11 is 0. The highest BCUT2D eigenvalue weighted by molar-refractivity contribution is 5.94. The van der Waals surface area contributed by atoms with Crippen molar-refractivity contribution in [1.29, 1.82) is 0 Å². The number of halogens is 1. The highest BCUT2D eigenvalue weighted by Gasteiger charge is 2.15. The minimum absolute atomic E-state index is 0.0204. The van der Waals surface area contributed by atoms with Crippen molar-refractivity contribution < 1.29 is 27.9 Å². The Labute approximate surface area is 178 Å². The van der Waals surface area contributed by atoms with Crippen LogP contribution in [0.1, 0.15) is 28.3 Å². The maximum Gasteiger partial charge on any atom is 0.287 e. The largest absolute Gasteiger partial charge is 0.492 e. The lowest BCUT2D eigenvalue weighted by molar-refractivity contribution is -0.116. The second-order valence-corrected chi connectivity index (χ2v) is 6.98. The van der Waals surface area contributed by atoms with E-state index in [-0.39, 0.29) is 36.6 Å². The van der Waals surface area contributed by atoms with Crippen molar-refractivity contribution in [3.63, 3.8) is 0 Å². The molecule has 0 fully saturated rings. The van der Waals surface area contributed by atoms with Crippen LogP contribution in [0.5, 0.6) is 11.5 Å². The molecule has 0 bridgehead atoms. The summed E-state index contributed by atoms with van der Waals surface area (Å²) in [5, 5.41) is 5.56. The fraction of sp³-hybridized carbons (Fsp3) is 0.217. The molecule has 7 nitrogen and oxygen atoms in total. The Morgan fingerprint density at radius 3 is 2.68 bits per heavy atom. The van der Waals surface area contributed by atoms with E-state index < -0.39 is 0 Å². The van der Waals surface area contributed by atoms with Gasteiger partial charge in [-0.05, 0) is 66.6 Å². The minimum Gasteiger partial charge on any atom is -0.492 e. The quantitative estimate of drug-likeness (QED) is 0.539. The van der Waals surface area contributed by atoms with Crippen molar-refractivity contribution in [2.24, 2.45) is 0 Å². The predicted molar refractivity (Wildman–Crippen MR) is 111 cm³/mol. The van der Waals surface area contributed by atoms with Crippen LogP contribution in [0.2, 0.25) is 0 Å². The van der Waals surface area contributed by atoms with Crippen LogP contribution in [0.3, 0.4) is 0 Å². The number of carbonyl (C=O) groups excluding carboxylic acids is 2. The molecule has 3 aromatic rings. The molecule has 1 aliphatic rings. The lowest BCUT2D eigenvalue weighted by Crippen LogP contribution is -2.27. The molecule has 2 aromatic carbocycles. The second kappa shape index (κ2) is 9.34. The van der Waals surface area contributed by atoms with Gasteiger partial charge in [0.1, 0.15) is 36.3 Å². The minimum atomic E-state index is -0.357.